The van der Waals surface area contributed by atoms with Crippen molar-refractivity contribution < 1.29 is 4.74 Å². The summed E-state index contributed by atoms with van der Waals surface area (Å²) in [5, 5.41) is 4.58. The zero-order valence-corrected chi connectivity index (χ0v) is 9.42. The van der Waals surface area contributed by atoms with Gasteiger partial charge in [0.05, 0.1) is 0 Å². The number of ether oxygens (including phenoxy) is 1. The summed E-state index contributed by atoms with van der Waals surface area (Å²) in [5.74, 6) is 0.961. The maximum atomic E-state index is 5.91. The molecule has 3 heteroatoms. The summed E-state index contributed by atoms with van der Waals surface area (Å²) < 4.78 is 5.91. The van der Waals surface area contributed by atoms with Gasteiger partial charge in [-0.1, -0.05) is 0 Å². The van der Waals surface area contributed by atoms with Gasteiger partial charge in [-0.2, -0.15) is 0 Å². The van der Waals surface area contributed by atoms with Gasteiger partial charge in [0.2, 0.25) is 0 Å². The Hall–Kier alpha value is -1.48. The highest BCUT2D eigenvalue weighted by molar-refractivity contribution is 5.84. The Morgan fingerprint density at radius 2 is 2.31 bits per heavy atom. The molecule has 1 fully saturated rings. The molecule has 1 aliphatic heterocycles. The molecule has 0 spiro atoms. The molecule has 2 heterocycles. The fraction of sp³-hybridized carbons (Fsp3) is 0.385. The summed E-state index contributed by atoms with van der Waals surface area (Å²) in [7, 11) is 0. The van der Waals surface area contributed by atoms with Gasteiger partial charge in [0.25, 0.3) is 0 Å². The molecule has 2 N–H and O–H groups in total. The van der Waals surface area contributed by atoms with Gasteiger partial charge in [-0.25, -0.2) is 0 Å². The highest BCUT2D eigenvalue weighted by Gasteiger charge is 2.15. The lowest BCUT2D eigenvalue weighted by Crippen LogP contribution is -2.19. The quantitative estimate of drug-likeness (QED) is 0.807. The van der Waals surface area contributed by atoms with Gasteiger partial charge in [-0.05, 0) is 37.6 Å². The first-order valence-corrected chi connectivity index (χ1v) is 5.78. The number of nitrogens with one attached hydrogen (secondary N) is 2. The average molecular weight is 216 g/mol. The molecule has 1 atom stereocenters. The SMILES string of the molecule is Cc1c[nH]c2cc(OC3CCNC3)ccc12. The summed E-state index contributed by atoms with van der Waals surface area (Å²) in [6.45, 7) is 4.14. The molecule has 3 rings (SSSR count). The van der Waals surface area contributed by atoms with E-state index in [0.29, 0.717) is 6.10 Å². The van der Waals surface area contributed by atoms with Crippen LogP contribution in [0.4, 0.5) is 0 Å². The molecule has 1 unspecified atom stereocenters. The molecule has 1 aromatic carbocycles. The predicted molar refractivity (Wildman–Crippen MR) is 64.9 cm³/mol. The molecule has 3 nitrogen and oxygen atoms in total. The molecule has 0 bridgehead atoms. The van der Waals surface area contributed by atoms with E-state index in [1.165, 1.54) is 10.9 Å². The van der Waals surface area contributed by atoms with Gasteiger partial charge in [-0.3, -0.25) is 0 Å². The summed E-state index contributed by atoms with van der Waals surface area (Å²) in [6.07, 6.45) is 3.46. The minimum absolute atomic E-state index is 0.327. The lowest BCUT2D eigenvalue weighted by Gasteiger charge is -2.12. The minimum atomic E-state index is 0.327. The Morgan fingerprint density at radius 3 is 3.12 bits per heavy atom. The van der Waals surface area contributed by atoms with Gasteiger partial charge in [0, 0.05) is 29.7 Å². The van der Waals surface area contributed by atoms with Crippen molar-refractivity contribution in [3.63, 3.8) is 0 Å². The Morgan fingerprint density at radius 1 is 1.38 bits per heavy atom. The molecule has 0 radical (unpaired) electrons. The van der Waals surface area contributed by atoms with Crippen LogP contribution in [0.5, 0.6) is 5.75 Å². The molecule has 1 saturated heterocycles. The summed E-state index contributed by atoms with van der Waals surface area (Å²) >= 11 is 0. The van der Waals surface area contributed by atoms with E-state index in [4.69, 9.17) is 4.74 Å². The maximum absolute atomic E-state index is 5.91. The van der Waals surface area contributed by atoms with Crippen molar-refractivity contribution in [1.82, 2.24) is 10.3 Å². The topological polar surface area (TPSA) is 37.0 Å². The van der Waals surface area contributed by atoms with Crippen LogP contribution in [0.15, 0.2) is 24.4 Å². The van der Waals surface area contributed by atoms with Gasteiger partial charge in [-0.15, -0.1) is 0 Å². The molecule has 16 heavy (non-hydrogen) atoms. The number of aromatic nitrogens is 1. The molecule has 0 amide bonds. The third-order valence-corrected chi connectivity index (χ3v) is 3.18. The molecule has 1 aliphatic rings. The number of rotatable bonds is 2. The highest BCUT2D eigenvalue weighted by atomic mass is 16.5. The van der Waals surface area contributed by atoms with Gasteiger partial charge < -0.3 is 15.0 Å². The lowest BCUT2D eigenvalue weighted by molar-refractivity contribution is 0.223. The van der Waals surface area contributed by atoms with E-state index in [2.05, 4.69) is 35.4 Å². The third kappa shape index (κ3) is 1.67. The average Bonchev–Trinajstić information content (AvgIpc) is 2.90. The van der Waals surface area contributed by atoms with Crippen LogP contribution in [0.3, 0.4) is 0 Å². The van der Waals surface area contributed by atoms with Crippen LogP contribution >= 0.6 is 0 Å². The largest absolute Gasteiger partial charge is 0.489 e. The molecule has 2 aromatic rings. The molecule has 1 aromatic heterocycles. The van der Waals surface area contributed by atoms with E-state index < -0.39 is 0 Å². The molecule has 0 aliphatic carbocycles. The second-order valence-electron chi connectivity index (χ2n) is 4.41. The fourth-order valence-electron chi connectivity index (χ4n) is 2.24. The van der Waals surface area contributed by atoms with Gasteiger partial charge in [0.15, 0.2) is 0 Å². The Labute approximate surface area is 94.8 Å². The molecule has 84 valence electrons. The standard InChI is InChI=1S/C13H16N2O/c1-9-7-15-13-6-10(2-3-12(9)13)16-11-4-5-14-8-11/h2-3,6-7,11,14-15H,4-5,8H2,1H3. The number of aryl methyl sites for hydroxylation is 1. The summed E-state index contributed by atoms with van der Waals surface area (Å²) in [6, 6.07) is 6.26. The smallest absolute Gasteiger partial charge is 0.121 e. The van der Waals surface area contributed by atoms with Crippen LogP contribution < -0.4 is 10.1 Å². The van der Waals surface area contributed by atoms with Crippen LogP contribution in [0.2, 0.25) is 0 Å². The van der Waals surface area contributed by atoms with Gasteiger partial charge >= 0.3 is 0 Å². The first kappa shape index (κ1) is 9.73. The van der Waals surface area contributed by atoms with Gasteiger partial charge in [0.1, 0.15) is 11.9 Å². The molecular formula is C13H16N2O. The van der Waals surface area contributed by atoms with Crippen LogP contribution in [-0.2, 0) is 0 Å². The van der Waals surface area contributed by atoms with E-state index in [-0.39, 0.29) is 0 Å². The summed E-state index contributed by atoms with van der Waals surface area (Å²) in [5.41, 5.74) is 2.44. The normalized spacial score (nSPS) is 20.4. The zero-order valence-electron chi connectivity index (χ0n) is 9.42. The van der Waals surface area contributed by atoms with Crippen LogP contribution in [0.1, 0.15) is 12.0 Å². The van der Waals surface area contributed by atoms with Crippen LogP contribution in [0.25, 0.3) is 10.9 Å². The molecule has 0 saturated carbocycles. The fourth-order valence-corrected chi connectivity index (χ4v) is 2.24. The first-order valence-electron chi connectivity index (χ1n) is 5.78. The van der Waals surface area contributed by atoms with Crippen molar-refractivity contribution in [1.29, 1.82) is 0 Å². The van der Waals surface area contributed by atoms with Crippen molar-refractivity contribution in [3.8, 4) is 5.75 Å². The second kappa shape index (κ2) is 3.83. The molecular weight excluding hydrogens is 200 g/mol. The van der Waals surface area contributed by atoms with E-state index >= 15 is 0 Å². The van der Waals surface area contributed by atoms with Crippen LogP contribution in [-0.4, -0.2) is 24.2 Å². The Bertz CT molecular complexity index is 498. The lowest BCUT2D eigenvalue weighted by atomic mass is 10.2. The highest BCUT2D eigenvalue weighted by Crippen LogP contribution is 2.24. The number of H-pyrrole nitrogens is 1. The number of fused-ring (bicyclic) bond motifs is 1. The van der Waals surface area contributed by atoms with E-state index in [1.807, 2.05) is 6.20 Å². The maximum Gasteiger partial charge on any atom is 0.121 e. The van der Waals surface area contributed by atoms with Crippen LogP contribution in [0, 0.1) is 6.92 Å². The van der Waals surface area contributed by atoms with Crippen molar-refractivity contribution in [2.24, 2.45) is 0 Å². The summed E-state index contributed by atoms with van der Waals surface area (Å²) in [4.78, 5) is 3.26. The van der Waals surface area contributed by atoms with Crippen molar-refractivity contribution >= 4 is 10.9 Å². The Kier molecular flexibility index (Phi) is 2.33. The minimum Gasteiger partial charge on any atom is -0.489 e. The zero-order chi connectivity index (χ0) is 11.0. The Balaban J connectivity index is 1.87. The number of hydrogen-bond donors (Lipinski definition) is 2. The first-order chi connectivity index (χ1) is 7.83. The third-order valence-electron chi connectivity index (χ3n) is 3.18. The number of benzene rings is 1. The van der Waals surface area contributed by atoms with Crippen molar-refractivity contribution in [2.45, 2.75) is 19.4 Å². The van der Waals surface area contributed by atoms with Crippen molar-refractivity contribution in [3.05, 3.63) is 30.0 Å². The number of aromatic amines is 1. The van der Waals surface area contributed by atoms with Crippen molar-refractivity contribution in [2.75, 3.05) is 13.1 Å². The number of hydrogen-bond acceptors (Lipinski definition) is 2. The second-order valence-corrected chi connectivity index (χ2v) is 4.41. The monoisotopic (exact) mass is 216 g/mol. The predicted octanol–water partition coefficient (Wildman–Crippen LogP) is 2.22. The van der Waals surface area contributed by atoms with E-state index in [9.17, 15) is 0 Å². The van der Waals surface area contributed by atoms with E-state index in [1.54, 1.807) is 0 Å². The van der Waals surface area contributed by atoms with E-state index in [0.717, 1.165) is 30.8 Å².